The van der Waals surface area contributed by atoms with Gasteiger partial charge in [-0.2, -0.15) is 0 Å². The van der Waals surface area contributed by atoms with E-state index in [9.17, 15) is 14.3 Å². The van der Waals surface area contributed by atoms with Gasteiger partial charge in [0.2, 0.25) is 0 Å². The molecule has 182 valence electrons. The number of halogens is 1. The van der Waals surface area contributed by atoms with Crippen molar-refractivity contribution in [2.24, 2.45) is 0 Å². The van der Waals surface area contributed by atoms with Gasteiger partial charge < -0.3 is 14.9 Å². The van der Waals surface area contributed by atoms with Crippen LogP contribution in [-0.2, 0) is 22.2 Å². The topological polar surface area (TPSA) is 66.8 Å². The molecule has 2 N–H and O–H groups in total. The Morgan fingerprint density at radius 2 is 1.57 bits per heavy atom. The number of fused-ring (bicyclic) bond motifs is 1. The quantitative estimate of drug-likeness (QED) is 0.370. The molecule has 0 spiro atoms. The number of phenolic OH excluding ortho intramolecular Hbond substituents is 1. The van der Waals surface area contributed by atoms with Gasteiger partial charge in [-0.1, -0.05) is 45.9 Å². The molecule has 0 aliphatic heterocycles. The van der Waals surface area contributed by atoms with Gasteiger partial charge in [-0.25, -0.2) is 9.18 Å². The van der Waals surface area contributed by atoms with E-state index in [2.05, 4.69) is 39.8 Å². The van der Waals surface area contributed by atoms with Crippen LogP contribution in [0.1, 0.15) is 62.8 Å². The van der Waals surface area contributed by atoms with Crippen LogP contribution in [0.2, 0.25) is 0 Å². The van der Waals surface area contributed by atoms with Crippen LogP contribution in [0.25, 0.3) is 17.2 Å². The van der Waals surface area contributed by atoms with Gasteiger partial charge in [-0.05, 0) is 88.4 Å². The predicted molar refractivity (Wildman–Crippen MR) is 136 cm³/mol. The van der Waals surface area contributed by atoms with Crippen LogP contribution in [0, 0.1) is 5.82 Å². The smallest absolute Gasteiger partial charge is 0.328 e. The number of aliphatic carboxylic acids is 1. The summed E-state index contributed by atoms with van der Waals surface area (Å²) in [5.74, 6) is -0.644. The normalized spacial score (nSPS) is 16.1. The molecule has 0 radical (unpaired) electrons. The summed E-state index contributed by atoms with van der Waals surface area (Å²) in [6.45, 7) is 9.18. The number of carbonyl (C=O) groups is 1. The summed E-state index contributed by atoms with van der Waals surface area (Å²) in [4.78, 5) is 11.0. The van der Waals surface area contributed by atoms with E-state index in [-0.39, 0.29) is 29.0 Å². The van der Waals surface area contributed by atoms with Gasteiger partial charge in [-0.15, -0.1) is 0 Å². The summed E-state index contributed by atoms with van der Waals surface area (Å²) in [6.07, 6.45) is 4.65. The van der Waals surface area contributed by atoms with Crippen molar-refractivity contribution in [3.8, 4) is 22.6 Å². The molecule has 35 heavy (non-hydrogen) atoms. The van der Waals surface area contributed by atoms with Gasteiger partial charge in [0.05, 0.1) is 0 Å². The molecule has 1 aliphatic rings. The first kappa shape index (κ1) is 24.5. The van der Waals surface area contributed by atoms with Crippen molar-refractivity contribution < 1.29 is 24.1 Å². The Kier molecular flexibility index (Phi) is 6.46. The molecule has 0 atom stereocenters. The Bertz CT molecular complexity index is 1290. The standard InChI is InChI=1S/C30H31FO4/c1-29(2)13-14-30(3,4)25-17-27(35-18-20-5-9-21(31)10-6-20)23(16-24(25)29)22-15-19(7-11-26(22)32)8-12-28(33)34/h5-12,15-17,32H,13-14,18H2,1-4H3,(H,33,34). The fourth-order valence-corrected chi connectivity index (χ4v) is 4.71. The molecule has 0 unspecified atom stereocenters. The average Bonchev–Trinajstić information content (AvgIpc) is 2.81. The number of carboxylic acids is 1. The highest BCUT2D eigenvalue weighted by Crippen LogP contribution is 2.50. The zero-order valence-electron chi connectivity index (χ0n) is 20.6. The van der Waals surface area contributed by atoms with E-state index in [0.29, 0.717) is 16.9 Å². The van der Waals surface area contributed by atoms with E-state index in [0.717, 1.165) is 30.0 Å². The number of ether oxygens (including phenoxy) is 1. The molecular weight excluding hydrogens is 443 g/mol. The van der Waals surface area contributed by atoms with E-state index in [1.165, 1.54) is 29.3 Å². The largest absolute Gasteiger partial charge is 0.507 e. The summed E-state index contributed by atoms with van der Waals surface area (Å²) < 4.78 is 19.7. The lowest BCUT2D eigenvalue weighted by molar-refractivity contribution is -0.131. The number of carboxylic acid groups (broad SMARTS) is 1. The van der Waals surface area contributed by atoms with E-state index >= 15 is 0 Å². The van der Waals surface area contributed by atoms with Crippen LogP contribution < -0.4 is 4.74 Å². The third kappa shape index (κ3) is 5.24. The lowest BCUT2D eigenvalue weighted by Crippen LogP contribution is -2.33. The number of rotatable bonds is 6. The molecule has 0 amide bonds. The monoisotopic (exact) mass is 474 g/mol. The van der Waals surface area contributed by atoms with Crippen LogP contribution in [0.5, 0.6) is 11.5 Å². The zero-order valence-corrected chi connectivity index (χ0v) is 20.6. The molecule has 0 saturated carbocycles. The van der Waals surface area contributed by atoms with Crippen LogP contribution in [0.3, 0.4) is 0 Å². The average molecular weight is 475 g/mol. The van der Waals surface area contributed by atoms with E-state index < -0.39 is 5.97 Å². The summed E-state index contributed by atoms with van der Waals surface area (Å²) in [5.41, 5.74) is 5.13. The first-order valence-electron chi connectivity index (χ1n) is 11.8. The van der Waals surface area contributed by atoms with Gasteiger partial charge >= 0.3 is 5.97 Å². The van der Waals surface area contributed by atoms with Crippen molar-refractivity contribution in [3.05, 3.63) is 88.7 Å². The number of hydrogen-bond acceptors (Lipinski definition) is 3. The minimum absolute atomic E-state index is 0.0362. The van der Waals surface area contributed by atoms with Gasteiger partial charge in [0, 0.05) is 17.2 Å². The molecule has 0 fully saturated rings. The molecule has 0 aromatic heterocycles. The van der Waals surface area contributed by atoms with Gasteiger partial charge in [0.15, 0.2) is 0 Å². The highest BCUT2D eigenvalue weighted by molar-refractivity contribution is 5.86. The van der Waals surface area contributed by atoms with Crippen molar-refractivity contribution in [2.75, 3.05) is 0 Å². The van der Waals surface area contributed by atoms with Crippen LogP contribution in [-0.4, -0.2) is 16.2 Å². The number of benzene rings is 3. The van der Waals surface area contributed by atoms with Crippen LogP contribution in [0.15, 0.2) is 60.7 Å². The van der Waals surface area contributed by atoms with Crippen molar-refractivity contribution in [2.45, 2.75) is 58.0 Å². The van der Waals surface area contributed by atoms with E-state index in [1.807, 2.05) is 0 Å². The van der Waals surface area contributed by atoms with Gasteiger partial charge in [-0.3, -0.25) is 0 Å². The molecule has 3 aromatic carbocycles. The SMILES string of the molecule is CC1(C)CCC(C)(C)c2cc(-c3cc(C=CC(=O)O)ccc3O)c(OCc3ccc(F)cc3)cc21. The molecule has 4 nitrogen and oxygen atoms in total. The maximum Gasteiger partial charge on any atom is 0.328 e. The fourth-order valence-electron chi connectivity index (χ4n) is 4.71. The first-order chi connectivity index (χ1) is 16.5. The maximum absolute atomic E-state index is 13.4. The summed E-state index contributed by atoms with van der Waals surface area (Å²) in [6, 6.07) is 15.4. The molecule has 4 rings (SSSR count). The zero-order chi connectivity index (χ0) is 25.4. The highest BCUT2D eigenvalue weighted by Gasteiger charge is 2.38. The van der Waals surface area contributed by atoms with Gasteiger partial charge in [0.1, 0.15) is 23.9 Å². The number of aromatic hydroxyl groups is 1. The number of hydrogen-bond donors (Lipinski definition) is 2. The van der Waals surface area contributed by atoms with Crippen molar-refractivity contribution >= 4 is 12.0 Å². The molecule has 3 aromatic rings. The fraction of sp³-hybridized carbons (Fsp3) is 0.300. The maximum atomic E-state index is 13.4. The van der Waals surface area contributed by atoms with Crippen LogP contribution in [0.4, 0.5) is 4.39 Å². The minimum atomic E-state index is -1.04. The Morgan fingerprint density at radius 1 is 0.943 bits per heavy atom. The van der Waals surface area contributed by atoms with E-state index in [1.54, 1.807) is 30.3 Å². The predicted octanol–water partition coefficient (Wildman–Crippen LogP) is 7.22. The van der Waals surface area contributed by atoms with Crippen molar-refractivity contribution in [1.29, 1.82) is 0 Å². The second-order valence-corrected chi connectivity index (χ2v) is 10.5. The lowest BCUT2D eigenvalue weighted by atomic mass is 9.62. The first-order valence-corrected chi connectivity index (χ1v) is 11.8. The summed E-state index contributed by atoms with van der Waals surface area (Å²) in [5, 5.41) is 19.8. The van der Waals surface area contributed by atoms with Crippen molar-refractivity contribution in [1.82, 2.24) is 0 Å². The van der Waals surface area contributed by atoms with E-state index in [4.69, 9.17) is 9.84 Å². The van der Waals surface area contributed by atoms with Crippen molar-refractivity contribution in [3.63, 3.8) is 0 Å². The third-order valence-electron chi connectivity index (χ3n) is 6.99. The minimum Gasteiger partial charge on any atom is -0.507 e. The van der Waals surface area contributed by atoms with Gasteiger partial charge in [0.25, 0.3) is 0 Å². The molecule has 0 heterocycles. The highest BCUT2D eigenvalue weighted by atomic mass is 19.1. The third-order valence-corrected chi connectivity index (χ3v) is 6.99. The number of phenols is 1. The van der Waals surface area contributed by atoms with Crippen LogP contribution >= 0.6 is 0 Å². The lowest BCUT2D eigenvalue weighted by Gasteiger charge is -2.42. The molecule has 0 bridgehead atoms. The Hall–Kier alpha value is -3.60. The Balaban J connectivity index is 1.87. The Morgan fingerprint density at radius 3 is 2.20 bits per heavy atom. The molecule has 1 aliphatic carbocycles. The Labute approximate surface area is 205 Å². The second kappa shape index (κ2) is 9.21. The molecule has 0 saturated heterocycles. The second-order valence-electron chi connectivity index (χ2n) is 10.5. The molecular formula is C30H31FO4. The summed E-state index contributed by atoms with van der Waals surface area (Å²) >= 11 is 0. The summed E-state index contributed by atoms with van der Waals surface area (Å²) in [7, 11) is 0. The molecule has 5 heteroatoms.